The molecule has 1 fully saturated rings. The number of aliphatic hydroxyl groups is 1. The number of fused-ring (bicyclic) bond motifs is 1. The summed E-state index contributed by atoms with van der Waals surface area (Å²) in [4.78, 5) is 8.27. The van der Waals surface area contributed by atoms with Gasteiger partial charge in [0.25, 0.3) is 0 Å². The van der Waals surface area contributed by atoms with E-state index >= 15 is 0 Å². The lowest BCUT2D eigenvalue weighted by Gasteiger charge is -2.18. The van der Waals surface area contributed by atoms with Gasteiger partial charge >= 0.3 is 0 Å². The van der Waals surface area contributed by atoms with Crippen molar-refractivity contribution in [3.05, 3.63) is 10.6 Å². The maximum atomic E-state index is 9.98. The zero-order chi connectivity index (χ0) is 11.7. The topological polar surface area (TPSA) is 36.4 Å². The summed E-state index contributed by atoms with van der Waals surface area (Å²) in [6.07, 6.45) is 4.02. The van der Waals surface area contributed by atoms with Crippen molar-refractivity contribution in [2.45, 2.75) is 31.8 Å². The van der Waals surface area contributed by atoms with E-state index in [1.165, 1.54) is 17.9 Å². The second-order valence-corrected chi connectivity index (χ2v) is 6.90. The lowest BCUT2D eigenvalue weighted by Crippen LogP contribution is -2.25. The highest BCUT2D eigenvalue weighted by Gasteiger charge is 2.24. The lowest BCUT2D eigenvalue weighted by atomic mass is 10.0. The van der Waals surface area contributed by atoms with E-state index in [1.807, 2.05) is 11.8 Å². The maximum Gasteiger partial charge on any atom is 0.185 e. The van der Waals surface area contributed by atoms with Crippen LogP contribution in [0, 0.1) is 0 Å². The van der Waals surface area contributed by atoms with Crippen LogP contribution in [0.3, 0.4) is 0 Å². The van der Waals surface area contributed by atoms with Gasteiger partial charge in [0.2, 0.25) is 0 Å². The Morgan fingerprint density at radius 1 is 1.24 bits per heavy atom. The predicted molar refractivity (Wildman–Crippen MR) is 74.2 cm³/mol. The molecule has 0 aromatic carbocycles. The number of thiazole rings is 1. The van der Waals surface area contributed by atoms with Crippen LogP contribution in [0.1, 0.15) is 35.9 Å². The molecule has 5 heteroatoms. The third-order valence-electron chi connectivity index (χ3n) is 3.40. The molecule has 0 saturated carbocycles. The summed E-state index contributed by atoms with van der Waals surface area (Å²) in [5.41, 5.74) is 1.15. The average Bonchev–Trinajstić information content (AvgIpc) is 2.59. The molecule has 1 N–H and O–H groups in total. The summed E-state index contributed by atoms with van der Waals surface area (Å²) in [5.74, 6) is 2.47. The largest absolute Gasteiger partial charge is 0.388 e. The van der Waals surface area contributed by atoms with Crippen LogP contribution >= 0.6 is 23.1 Å². The summed E-state index contributed by atoms with van der Waals surface area (Å²) in [6, 6.07) is 0. The number of nitrogens with zero attached hydrogens (tertiary/aromatic N) is 2. The normalized spacial score (nSPS) is 25.5. The molecule has 0 amide bonds. The summed E-state index contributed by atoms with van der Waals surface area (Å²) in [7, 11) is 0. The number of thioether (sulfide) groups is 1. The number of aliphatic hydroxyl groups excluding tert-OH is 1. The molecule has 0 bridgehead atoms. The monoisotopic (exact) mass is 270 g/mol. The second kappa shape index (κ2) is 5.16. The van der Waals surface area contributed by atoms with Gasteiger partial charge in [-0.2, -0.15) is 11.8 Å². The minimum atomic E-state index is -0.258. The van der Waals surface area contributed by atoms with E-state index in [4.69, 9.17) is 4.98 Å². The van der Waals surface area contributed by atoms with Gasteiger partial charge in [-0.15, -0.1) is 0 Å². The second-order valence-electron chi connectivity index (χ2n) is 4.67. The van der Waals surface area contributed by atoms with Crippen LogP contribution < -0.4 is 4.90 Å². The molecule has 1 saturated heterocycles. The number of rotatable bonds is 1. The van der Waals surface area contributed by atoms with Crippen LogP contribution in [0.4, 0.5) is 5.13 Å². The Morgan fingerprint density at radius 3 is 3.06 bits per heavy atom. The molecule has 1 unspecified atom stereocenters. The standard InChI is InChI=1S/C12H18N2OS2/c15-10-4-1-3-9-11(10)17-12(13-9)14-5-2-7-16-8-6-14/h10,15H,1-8H2. The number of anilines is 1. The Morgan fingerprint density at radius 2 is 2.18 bits per heavy atom. The van der Waals surface area contributed by atoms with Crippen molar-refractivity contribution in [1.29, 1.82) is 0 Å². The molecule has 1 atom stereocenters. The van der Waals surface area contributed by atoms with Crippen molar-refractivity contribution in [2.24, 2.45) is 0 Å². The van der Waals surface area contributed by atoms with E-state index in [0.717, 1.165) is 48.1 Å². The SMILES string of the molecule is OC1CCCc2nc(N3CCCSCC3)sc21. The summed E-state index contributed by atoms with van der Waals surface area (Å²) < 4.78 is 0. The minimum Gasteiger partial charge on any atom is -0.388 e. The van der Waals surface area contributed by atoms with E-state index < -0.39 is 0 Å². The van der Waals surface area contributed by atoms with Crippen molar-refractivity contribution >= 4 is 28.2 Å². The zero-order valence-electron chi connectivity index (χ0n) is 9.89. The molecule has 1 aliphatic carbocycles. The Kier molecular flexibility index (Phi) is 3.59. The Bertz CT molecular complexity index is 386. The molecule has 3 nitrogen and oxygen atoms in total. The molecule has 1 aliphatic heterocycles. The smallest absolute Gasteiger partial charge is 0.185 e. The summed E-state index contributed by atoms with van der Waals surface area (Å²) in [5, 5.41) is 11.1. The van der Waals surface area contributed by atoms with Gasteiger partial charge in [0.15, 0.2) is 5.13 Å². The Hall–Kier alpha value is -0.260. The van der Waals surface area contributed by atoms with Gasteiger partial charge in [-0.05, 0) is 31.4 Å². The van der Waals surface area contributed by atoms with Gasteiger partial charge in [-0.1, -0.05) is 11.3 Å². The molecular weight excluding hydrogens is 252 g/mol. The highest BCUT2D eigenvalue weighted by molar-refractivity contribution is 7.99. The predicted octanol–water partition coefficient (Wildman–Crippen LogP) is 2.46. The molecule has 2 aliphatic rings. The van der Waals surface area contributed by atoms with E-state index in [2.05, 4.69) is 4.90 Å². The van der Waals surface area contributed by atoms with E-state index in [1.54, 1.807) is 11.3 Å². The van der Waals surface area contributed by atoms with Crippen LogP contribution in [0.2, 0.25) is 0 Å². The average molecular weight is 270 g/mol. The first-order chi connectivity index (χ1) is 8.34. The van der Waals surface area contributed by atoms with Gasteiger partial charge in [0.05, 0.1) is 16.7 Å². The lowest BCUT2D eigenvalue weighted by molar-refractivity contribution is 0.160. The van der Waals surface area contributed by atoms with Crippen LogP contribution in [0.25, 0.3) is 0 Å². The van der Waals surface area contributed by atoms with Gasteiger partial charge < -0.3 is 10.0 Å². The highest BCUT2D eigenvalue weighted by Crippen LogP contribution is 2.37. The van der Waals surface area contributed by atoms with Gasteiger partial charge in [0.1, 0.15) is 0 Å². The van der Waals surface area contributed by atoms with Crippen molar-refractivity contribution in [2.75, 3.05) is 29.5 Å². The first-order valence-corrected chi connectivity index (χ1v) is 8.32. The maximum absolute atomic E-state index is 9.98. The van der Waals surface area contributed by atoms with E-state index in [9.17, 15) is 5.11 Å². The number of aryl methyl sites for hydroxylation is 1. The highest BCUT2D eigenvalue weighted by atomic mass is 32.2. The Balaban J connectivity index is 1.83. The van der Waals surface area contributed by atoms with Crippen molar-refractivity contribution < 1.29 is 5.11 Å². The zero-order valence-corrected chi connectivity index (χ0v) is 11.5. The third-order valence-corrected chi connectivity index (χ3v) is 5.71. The fraction of sp³-hybridized carbons (Fsp3) is 0.750. The first kappa shape index (κ1) is 11.8. The van der Waals surface area contributed by atoms with Crippen molar-refractivity contribution in [1.82, 2.24) is 4.98 Å². The molecule has 2 heterocycles. The van der Waals surface area contributed by atoms with Crippen LogP contribution in [0.5, 0.6) is 0 Å². The van der Waals surface area contributed by atoms with E-state index in [-0.39, 0.29) is 6.10 Å². The molecule has 1 aromatic rings. The van der Waals surface area contributed by atoms with Crippen LogP contribution in [-0.4, -0.2) is 34.7 Å². The van der Waals surface area contributed by atoms with E-state index in [0.29, 0.717) is 0 Å². The van der Waals surface area contributed by atoms with Crippen molar-refractivity contribution in [3.63, 3.8) is 0 Å². The molecular formula is C12H18N2OS2. The quantitative estimate of drug-likeness (QED) is 0.850. The van der Waals surface area contributed by atoms with Gasteiger partial charge in [0, 0.05) is 18.8 Å². The van der Waals surface area contributed by atoms with Crippen molar-refractivity contribution in [3.8, 4) is 0 Å². The minimum absolute atomic E-state index is 0.258. The number of aromatic nitrogens is 1. The van der Waals surface area contributed by atoms with Crippen LogP contribution in [-0.2, 0) is 6.42 Å². The molecule has 3 rings (SSSR count). The molecule has 17 heavy (non-hydrogen) atoms. The summed E-state index contributed by atoms with van der Waals surface area (Å²) in [6.45, 7) is 2.22. The molecule has 1 aromatic heterocycles. The third kappa shape index (κ3) is 2.46. The summed E-state index contributed by atoms with van der Waals surface area (Å²) >= 11 is 3.75. The fourth-order valence-electron chi connectivity index (χ4n) is 2.46. The molecule has 0 spiro atoms. The molecule has 0 radical (unpaired) electrons. The Labute approximate surface area is 110 Å². The number of hydrogen-bond donors (Lipinski definition) is 1. The number of hydrogen-bond acceptors (Lipinski definition) is 5. The first-order valence-electron chi connectivity index (χ1n) is 6.35. The fourth-order valence-corrected chi connectivity index (χ4v) is 4.53. The van der Waals surface area contributed by atoms with Gasteiger partial charge in [-0.3, -0.25) is 0 Å². The van der Waals surface area contributed by atoms with Crippen LogP contribution in [0.15, 0.2) is 0 Å². The van der Waals surface area contributed by atoms with Gasteiger partial charge in [-0.25, -0.2) is 4.98 Å². The molecule has 94 valence electrons.